The Morgan fingerprint density at radius 3 is 2.94 bits per heavy atom. The van der Waals surface area contributed by atoms with Crippen molar-refractivity contribution in [3.05, 3.63) is 29.6 Å². The number of hydrogen-bond donors (Lipinski definition) is 2. The van der Waals surface area contributed by atoms with Crippen molar-refractivity contribution in [2.45, 2.75) is 44.9 Å². The summed E-state index contributed by atoms with van der Waals surface area (Å²) >= 11 is 0. The Morgan fingerprint density at radius 1 is 1.50 bits per heavy atom. The second-order valence-corrected chi connectivity index (χ2v) is 5.00. The molecule has 0 radical (unpaired) electrons. The van der Waals surface area contributed by atoms with Crippen LogP contribution in [0, 0.1) is 5.82 Å². The summed E-state index contributed by atoms with van der Waals surface area (Å²) in [4.78, 5) is 0. The van der Waals surface area contributed by atoms with E-state index in [1.165, 1.54) is 6.07 Å². The first kappa shape index (κ1) is 13.3. The minimum absolute atomic E-state index is 0.0388. The Kier molecular flexibility index (Phi) is 4.19. The molecule has 1 aliphatic rings. The number of hydrogen-bond acceptors (Lipinski definition) is 3. The highest BCUT2D eigenvalue weighted by atomic mass is 19.1. The third kappa shape index (κ3) is 3.21. The molecule has 100 valence electrons. The molecule has 3 nitrogen and oxygen atoms in total. The van der Waals surface area contributed by atoms with E-state index in [0.29, 0.717) is 11.6 Å². The molecule has 1 fully saturated rings. The SMILES string of the molecule is CC1CC(NC(C)c2ccc(O)cc2F)CCO1. The number of ether oxygens (including phenoxy) is 1. The first-order valence-electron chi connectivity index (χ1n) is 6.42. The summed E-state index contributed by atoms with van der Waals surface area (Å²) in [6.07, 6.45) is 2.16. The highest BCUT2D eigenvalue weighted by Crippen LogP contribution is 2.23. The van der Waals surface area contributed by atoms with Crippen LogP contribution in [0.25, 0.3) is 0 Å². The topological polar surface area (TPSA) is 41.5 Å². The molecule has 2 N–H and O–H groups in total. The molecule has 1 saturated heterocycles. The van der Waals surface area contributed by atoms with Crippen LogP contribution < -0.4 is 5.32 Å². The molecule has 0 aliphatic carbocycles. The van der Waals surface area contributed by atoms with E-state index in [1.54, 1.807) is 6.07 Å². The summed E-state index contributed by atoms with van der Waals surface area (Å²) < 4.78 is 19.2. The van der Waals surface area contributed by atoms with Crippen LogP contribution in [0.15, 0.2) is 18.2 Å². The minimum atomic E-state index is -0.366. The normalized spacial score (nSPS) is 25.9. The highest BCUT2D eigenvalue weighted by Gasteiger charge is 2.22. The Morgan fingerprint density at radius 2 is 2.28 bits per heavy atom. The molecule has 0 amide bonds. The molecular formula is C14H20FNO2. The second kappa shape index (κ2) is 5.67. The number of rotatable bonds is 3. The maximum Gasteiger partial charge on any atom is 0.131 e. The summed E-state index contributed by atoms with van der Waals surface area (Å²) in [5, 5.41) is 12.6. The predicted octanol–water partition coefficient (Wildman–Crippen LogP) is 2.75. The molecule has 18 heavy (non-hydrogen) atoms. The third-order valence-electron chi connectivity index (χ3n) is 3.42. The standard InChI is InChI=1S/C14H20FNO2/c1-9-7-11(5-6-18-9)16-10(2)13-4-3-12(17)8-14(13)15/h3-4,8-11,16-17H,5-7H2,1-2H3. The molecule has 2 rings (SSSR count). The lowest BCUT2D eigenvalue weighted by atomic mass is 10.0. The first-order chi connectivity index (χ1) is 8.56. The highest BCUT2D eigenvalue weighted by molar-refractivity contribution is 5.29. The van der Waals surface area contributed by atoms with Gasteiger partial charge in [0, 0.05) is 30.3 Å². The van der Waals surface area contributed by atoms with Gasteiger partial charge >= 0.3 is 0 Å². The summed E-state index contributed by atoms with van der Waals surface area (Å²) in [6, 6.07) is 4.59. The molecule has 1 aromatic carbocycles. The van der Waals surface area contributed by atoms with Crippen molar-refractivity contribution in [3.63, 3.8) is 0 Å². The molecule has 3 atom stereocenters. The fourth-order valence-corrected chi connectivity index (χ4v) is 2.46. The summed E-state index contributed by atoms with van der Waals surface area (Å²) in [7, 11) is 0. The molecule has 1 aromatic rings. The lowest BCUT2D eigenvalue weighted by Gasteiger charge is -2.30. The Balaban J connectivity index is 2.00. The van der Waals surface area contributed by atoms with Crippen LogP contribution in [-0.4, -0.2) is 23.9 Å². The van der Waals surface area contributed by atoms with Gasteiger partial charge in [0.25, 0.3) is 0 Å². The Labute approximate surface area is 107 Å². The number of nitrogens with one attached hydrogen (secondary N) is 1. The fourth-order valence-electron chi connectivity index (χ4n) is 2.46. The van der Waals surface area contributed by atoms with Crippen LogP contribution in [0.4, 0.5) is 4.39 Å². The van der Waals surface area contributed by atoms with E-state index >= 15 is 0 Å². The van der Waals surface area contributed by atoms with Gasteiger partial charge in [0.2, 0.25) is 0 Å². The zero-order valence-electron chi connectivity index (χ0n) is 10.8. The molecule has 3 unspecified atom stereocenters. The van der Waals surface area contributed by atoms with Gasteiger partial charge in [-0.1, -0.05) is 6.07 Å². The van der Waals surface area contributed by atoms with E-state index in [0.717, 1.165) is 25.5 Å². The molecule has 4 heteroatoms. The molecule has 1 heterocycles. The van der Waals surface area contributed by atoms with Gasteiger partial charge in [0.15, 0.2) is 0 Å². The Hall–Kier alpha value is -1.13. The van der Waals surface area contributed by atoms with Gasteiger partial charge in [-0.15, -0.1) is 0 Å². The van der Waals surface area contributed by atoms with Crippen molar-refractivity contribution in [2.75, 3.05) is 6.61 Å². The first-order valence-corrected chi connectivity index (χ1v) is 6.42. The lowest BCUT2D eigenvalue weighted by Crippen LogP contribution is -2.39. The van der Waals surface area contributed by atoms with Crippen LogP contribution in [0.1, 0.15) is 38.3 Å². The molecule has 0 aromatic heterocycles. The van der Waals surface area contributed by atoms with Gasteiger partial charge in [-0.3, -0.25) is 0 Å². The van der Waals surface area contributed by atoms with Gasteiger partial charge in [-0.05, 0) is 32.8 Å². The van der Waals surface area contributed by atoms with Crippen LogP contribution >= 0.6 is 0 Å². The number of phenolic OH excluding ortho intramolecular Hbond substituents is 1. The van der Waals surface area contributed by atoms with Gasteiger partial charge in [0.05, 0.1) is 6.10 Å². The van der Waals surface area contributed by atoms with Crippen LogP contribution in [0.5, 0.6) is 5.75 Å². The molecular weight excluding hydrogens is 233 g/mol. The third-order valence-corrected chi connectivity index (χ3v) is 3.42. The lowest BCUT2D eigenvalue weighted by molar-refractivity contribution is 0.0115. The van der Waals surface area contributed by atoms with Crippen LogP contribution in [0.2, 0.25) is 0 Å². The zero-order chi connectivity index (χ0) is 13.1. The number of aromatic hydroxyl groups is 1. The Bertz CT molecular complexity index is 411. The quantitative estimate of drug-likeness (QED) is 0.870. The van der Waals surface area contributed by atoms with Gasteiger partial charge in [-0.25, -0.2) is 4.39 Å². The maximum absolute atomic E-state index is 13.7. The average molecular weight is 253 g/mol. The number of phenols is 1. The molecule has 0 saturated carbocycles. The smallest absolute Gasteiger partial charge is 0.131 e. The summed E-state index contributed by atoms with van der Waals surface area (Å²) in [5.41, 5.74) is 0.590. The van der Waals surface area contributed by atoms with E-state index in [9.17, 15) is 9.50 Å². The predicted molar refractivity (Wildman–Crippen MR) is 68.1 cm³/mol. The van der Waals surface area contributed by atoms with E-state index in [-0.39, 0.29) is 23.7 Å². The van der Waals surface area contributed by atoms with Crippen molar-refractivity contribution in [1.29, 1.82) is 0 Å². The average Bonchev–Trinajstić information content (AvgIpc) is 2.28. The van der Waals surface area contributed by atoms with Crippen molar-refractivity contribution in [3.8, 4) is 5.75 Å². The van der Waals surface area contributed by atoms with Gasteiger partial charge < -0.3 is 15.2 Å². The number of halogens is 1. The van der Waals surface area contributed by atoms with Crippen LogP contribution in [-0.2, 0) is 4.74 Å². The second-order valence-electron chi connectivity index (χ2n) is 5.00. The molecule has 0 spiro atoms. The van der Waals surface area contributed by atoms with E-state index in [1.807, 2.05) is 6.92 Å². The van der Waals surface area contributed by atoms with Crippen molar-refractivity contribution < 1.29 is 14.2 Å². The van der Waals surface area contributed by atoms with Gasteiger partial charge in [0.1, 0.15) is 11.6 Å². The summed E-state index contributed by atoms with van der Waals surface area (Å²) in [6.45, 7) is 4.75. The van der Waals surface area contributed by atoms with E-state index in [4.69, 9.17) is 4.74 Å². The molecule has 0 bridgehead atoms. The minimum Gasteiger partial charge on any atom is -0.508 e. The van der Waals surface area contributed by atoms with Crippen molar-refractivity contribution >= 4 is 0 Å². The van der Waals surface area contributed by atoms with Gasteiger partial charge in [-0.2, -0.15) is 0 Å². The van der Waals surface area contributed by atoms with Crippen molar-refractivity contribution in [1.82, 2.24) is 5.32 Å². The van der Waals surface area contributed by atoms with Crippen molar-refractivity contribution in [2.24, 2.45) is 0 Å². The molecule has 1 aliphatic heterocycles. The van der Waals surface area contributed by atoms with E-state index < -0.39 is 0 Å². The van der Waals surface area contributed by atoms with Crippen LogP contribution in [0.3, 0.4) is 0 Å². The zero-order valence-corrected chi connectivity index (χ0v) is 10.8. The largest absolute Gasteiger partial charge is 0.508 e. The fraction of sp³-hybridized carbons (Fsp3) is 0.571. The maximum atomic E-state index is 13.7. The number of benzene rings is 1. The summed E-state index contributed by atoms with van der Waals surface area (Å²) in [5.74, 6) is -0.404. The van der Waals surface area contributed by atoms with E-state index in [2.05, 4.69) is 12.2 Å². The monoisotopic (exact) mass is 253 g/mol.